The normalized spacial score (nSPS) is 25.8. The first-order valence-corrected chi connectivity index (χ1v) is 8.15. The molecule has 2 rings (SSSR count). The second-order valence-electron chi connectivity index (χ2n) is 6.16. The number of carbonyl (C=O) groups excluding carboxylic acids is 1. The van der Waals surface area contributed by atoms with Crippen molar-refractivity contribution in [2.24, 2.45) is 17.8 Å². The number of carbonyl (C=O) groups is 1. The van der Waals surface area contributed by atoms with Gasteiger partial charge in [0.25, 0.3) is 0 Å². The number of nitro groups is 1. The van der Waals surface area contributed by atoms with Crippen LogP contribution >= 0.6 is 11.3 Å². The number of thiophene rings is 1. The zero-order chi connectivity index (χ0) is 15.6. The van der Waals surface area contributed by atoms with Crippen LogP contribution in [0, 0.1) is 27.9 Å². The molecule has 0 saturated heterocycles. The zero-order valence-electron chi connectivity index (χ0n) is 12.6. The number of hydrogen-bond donors (Lipinski definition) is 0. The molecule has 5 nitrogen and oxygen atoms in total. The Labute approximate surface area is 128 Å². The fraction of sp³-hybridized carbons (Fsp3) is 0.667. The first-order chi connectivity index (χ1) is 9.88. The van der Waals surface area contributed by atoms with Gasteiger partial charge in [0.2, 0.25) is 0 Å². The highest BCUT2D eigenvalue weighted by Gasteiger charge is 2.34. The lowest BCUT2D eigenvalue weighted by atomic mass is 9.75. The van der Waals surface area contributed by atoms with Crippen molar-refractivity contribution in [3.8, 4) is 0 Å². The molecule has 0 aromatic carbocycles. The third kappa shape index (κ3) is 3.81. The highest BCUT2D eigenvalue weighted by atomic mass is 32.1. The molecule has 0 radical (unpaired) electrons. The third-order valence-corrected chi connectivity index (χ3v) is 5.21. The van der Waals surface area contributed by atoms with Crippen LogP contribution in [0.3, 0.4) is 0 Å². The highest BCUT2D eigenvalue weighted by Crippen LogP contribution is 2.36. The zero-order valence-corrected chi connectivity index (χ0v) is 13.4. The molecule has 1 fully saturated rings. The molecule has 1 aromatic rings. The van der Waals surface area contributed by atoms with E-state index in [-0.39, 0.29) is 11.1 Å². The molecule has 116 valence electrons. The van der Waals surface area contributed by atoms with Gasteiger partial charge in [-0.05, 0) is 36.7 Å². The molecule has 21 heavy (non-hydrogen) atoms. The average molecular weight is 311 g/mol. The van der Waals surface area contributed by atoms with Crippen LogP contribution in [0.4, 0.5) is 5.00 Å². The Hall–Kier alpha value is -1.43. The largest absolute Gasteiger partial charge is 0.458 e. The lowest BCUT2D eigenvalue weighted by molar-refractivity contribution is -0.380. The minimum absolute atomic E-state index is 0.0284. The standard InChI is InChI=1S/C15H21NO4S/c1-9(2)11-5-4-10(3)8-12(11)20-15(17)13-6-7-14(21-13)16(18)19/h6-7,9-12H,4-5,8H2,1-3H3/t10-,11-,12+/m0/s1. The highest BCUT2D eigenvalue weighted by molar-refractivity contribution is 7.17. The molecular weight excluding hydrogens is 290 g/mol. The Morgan fingerprint density at radius 2 is 2.14 bits per heavy atom. The van der Waals surface area contributed by atoms with Gasteiger partial charge in [0.1, 0.15) is 11.0 Å². The predicted molar refractivity (Wildman–Crippen MR) is 81.5 cm³/mol. The summed E-state index contributed by atoms with van der Waals surface area (Å²) < 4.78 is 5.66. The molecule has 1 aliphatic rings. The van der Waals surface area contributed by atoms with Gasteiger partial charge in [0.05, 0.1) is 4.92 Å². The fourth-order valence-electron chi connectivity index (χ4n) is 2.98. The van der Waals surface area contributed by atoms with Crippen LogP contribution in [0.15, 0.2) is 12.1 Å². The summed E-state index contributed by atoms with van der Waals surface area (Å²) in [4.78, 5) is 22.7. The summed E-state index contributed by atoms with van der Waals surface area (Å²) in [6, 6.07) is 2.83. The van der Waals surface area contributed by atoms with Crippen molar-refractivity contribution < 1.29 is 14.5 Å². The van der Waals surface area contributed by atoms with Crippen LogP contribution < -0.4 is 0 Å². The van der Waals surface area contributed by atoms with Gasteiger partial charge in [0.15, 0.2) is 0 Å². The number of hydrogen-bond acceptors (Lipinski definition) is 5. The van der Waals surface area contributed by atoms with Crippen molar-refractivity contribution in [1.82, 2.24) is 0 Å². The summed E-state index contributed by atoms with van der Waals surface area (Å²) >= 11 is 0.874. The van der Waals surface area contributed by atoms with Crippen LogP contribution in [-0.2, 0) is 4.74 Å². The predicted octanol–water partition coefficient (Wildman–Crippen LogP) is 4.27. The molecule has 1 aliphatic carbocycles. The molecule has 1 heterocycles. The second-order valence-corrected chi connectivity index (χ2v) is 7.23. The van der Waals surface area contributed by atoms with Gasteiger partial charge < -0.3 is 4.74 Å². The van der Waals surface area contributed by atoms with Crippen LogP contribution in [-0.4, -0.2) is 17.0 Å². The SMILES string of the molecule is CC(C)[C@@H]1CC[C@H](C)C[C@H]1OC(=O)c1ccc([N+](=O)[O-])s1. The molecule has 1 aromatic heterocycles. The summed E-state index contributed by atoms with van der Waals surface area (Å²) in [5.74, 6) is 0.960. The van der Waals surface area contributed by atoms with Gasteiger partial charge in [-0.3, -0.25) is 10.1 Å². The Morgan fingerprint density at radius 3 is 2.71 bits per heavy atom. The van der Waals surface area contributed by atoms with Gasteiger partial charge in [-0.1, -0.05) is 38.5 Å². The summed E-state index contributed by atoms with van der Waals surface area (Å²) in [6.07, 6.45) is 3.03. The summed E-state index contributed by atoms with van der Waals surface area (Å²) in [5.41, 5.74) is 0. The van der Waals surface area contributed by atoms with Crippen molar-refractivity contribution in [2.45, 2.75) is 46.1 Å². The van der Waals surface area contributed by atoms with Crippen LogP contribution in [0.1, 0.15) is 49.7 Å². The van der Waals surface area contributed by atoms with E-state index in [4.69, 9.17) is 4.74 Å². The third-order valence-electron chi connectivity index (χ3n) is 4.19. The Morgan fingerprint density at radius 1 is 1.43 bits per heavy atom. The topological polar surface area (TPSA) is 69.4 Å². The molecule has 0 spiro atoms. The second kappa shape index (κ2) is 6.56. The Kier molecular flexibility index (Phi) is 4.98. The summed E-state index contributed by atoms with van der Waals surface area (Å²) in [6.45, 7) is 6.47. The van der Waals surface area contributed by atoms with E-state index in [0.29, 0.717) is 22.6 Å². The number of ether oxygens (including phenoxy) is 1. The molecular formula is C15H21NO4S. The first kappa shape index (κ1) is 15.9. The van der Waals surface area contributed by atoms with Crippen molar-refractivity contribution >= 4 is 22.3 Å². The lowest BCUT2D eigenvalue weighted by Crippen LogP contribution is -2.35. The van der Waals surface area contributed by atoms with Gasteiger partial charge >= 0.3 is 11.0 Å². The van der Waals surface area contributed by atoms with Gasteiger partial charge in [-0.25, -0.2) is 4.79 Å². The maximum absolute atomic E-state index is 12.2. The minimum atomic E-state index is -0.485. The van der Waals surface area contributed by atoms with Crippen molar-refractivity contribution in [2.75, 3.05) is 0 Å². The fourth-order valence-corrected chi connectivity index (χ4v) is 3.68. The Bertz CT molecular complexity index is 525. The first-order valence-electron chi connectivity index (χ1n) is 7.33. The summed E-state index contributed by atoms with van der Waals surface area (Å²) in [5, 5.41) is 10.6. The van der Waals surface area contributed by atoms with Crippen LogP contribution in [0.5, 0.6) is 0 Å². The molecule has 1 saturated carbocycles. The van der Waals surface area contributed by atoms with Gasteiger partial charge in [0, 0.05) is 6.07 Å². The van der Waals surface area contributed by atoms with E-state index in [9.17, 15) is 14.9 Å². The smallest absolute Gasteiger partial charge is 0.348 e. The minimum Gasteiger partial charge on any atom is -0.458 e. The quantitative estimate of drug-likeness (QED) is 0.473. The molecule has 3 atom stereocenters. The van der Waals surface area contributed by atoms with Gasteiger partial charge in [-0.2, -0.15) is 0 Å². The monoisotopic (exact) mass is 311 g/mol. The summed E-state index contributed by atoms with van der Waals surface area (Å²) in [7, 11) is 0. The van der Waals surface area contributed by atoms with E-state index < -0.39 is 10.9 Å². The molecule has 0 unspecified atom stereocenters. The molecule has 0 bridgehead atoms. The van der Waals surface area contributed by atoms with Crippen molar-refractivity contribution in [3.05, 3.63) is 27.1 Å². The average Bonchev–Trinajstić information content (AvgIpc) is 2.88. The van der Waals surface area contributed by atoms with Crippen molar-refractivity contribution in [3.63, 3.8) is 0 Å². The van der Waals surface area contributed by atoms with E-state index in [2.05, 4.69) is 20.8 Å². The van der Waals surface area contributed by atoms with Crippen molar-refractivity contribution in [1.29, 1.82) is 0 Å². The molecule has 0 aliphatic heterocycles. The maximum Gasteiger partial charge on any atom is 0.348 e. The molecule has 0 amide bonds. The molecule has 0 N–H and O–H groups in total. The van der Waals surface area contributed by atoms with E-state index in [1.54, 1.807) is 0 Å². The van der Waals surface area contributed by atoms with Gasteiger partial charge in [-0.15, -0.1) is 0 Å². The maximum atomic E-state index is 12.2. The van der Waals surface area contributed by atoms with E-state index in [0.717, 1.165) is 24.2 Å². The van der Waals surface area contributed by atoms with E-state index in [1.165, 1.54) is 18.6 Å². The number of rotatable bonds is 4. The van der Waals surface area contributed by atoms with Crippen LogP contribution in [0.2, 0.25) is 0 Å². The molecule has 6 heteroatoms. The Balaban J connectivity index is 2.06. The van der Waals surface area contributed by atoms with E-state index >= 15 is 0 Å². The van der Waals surface area contributed by atoms with E-state index in [1.807, 2.05) is 0 Å². The van der Waals surface area contributed by atoms with Crippen LogP contribution in [0.25, 0.3) is 0 Å². The number of nitrogens with zero attached hydrogens (tertiary/aromatic N) is 1. The lowest BCUT2D eigenvalue weighted by Gasteiger charge is -2.36. The number of esters is 1.